The number of ether oxygens (including phenoxy) is 1. The molecule has 2 amide bonds. The number of aliphatic hydroxyl groups is 1. The number of aromatic nitrogens is 2. The van der Waals surface area contributed by atoms with Crippen LogP contribution in [0.1, 0.15) is 38.4 Å². The van der Waals surface area contributed by atoms with Crippen LogP contribution < -0.4 is 5.32 Å². The molecule has 2 aliphatic rings. The van der Waals surface area contributed by atoms with E-state index in [2.05, 4.69) is 29.4 Å². The molecule has 0 aliphatic carbocycles. The number of halogens is 1. The predicted octanol–water partition coefficient (Wildman–Crippen LogP) is 3.34. The number of urea groups is 1. The van der Waals surface area contributed by atoms with E-state index in [0.717, 1.165) is 42.5 Å². The van der Waals surface area contributed by atoms with Crippen LogP contribution in [0.25, 0.3) is 10.9 Å². The first-order valence-corrected chi connectivity index (χ1v) is 10.6. The molecule has 3 N–H and O–H groups in total. The molecule has 0 unspecified atom stereocenters. The molecule has 3 heterocycles. The van der Waals surface area contributed by atoms with Gasteiger partial charge in [0.25, 0.3) is 0 Å². The molecule has 29 heavy (non-hydrogen) atoms. The third-order valence-electron chi connectivity index (χ3n) is 6.63. The first-order chi connectivity index (χ1) is 13.9. The summed E-state index contributed by atoms with van der Waals surface area (Å²) in [6, 6.07) is 3.67. The number of hydrogen-bond donors (Lipinski definition) is 3. The van der Waals surface area contributed by atoms with Crippen LogP contribution in [0.2, 0.25) is 5.02 Å². The van der Waals surface area contributed by atoms with Gasteiger partial charge in [-0.2, -0.15) is 5.10 Å². The fourth-order valence-electron chi connectivity index (χ4n) is 4.46. The van der Waals surface area contributed by atoms with Crippen LogP contribution in [-0.4, -0.2) is 59.1 Å². The van der Waals surface area contributed by atoms with Gasteiger partial charge >= 0.3 is 6.03 Å². The van der Waals surface area contributed by atoms with Gasteiger partial charge in [0.15, 0.2) is 0 Å². The molecule has 1 aromatic heterocycles. The molecule has 1 aromatic carbocycles. The van der Waals surface area contributed by atoms with Crippen LogP contribution in [0.15, 0.2) is 18.3 Å². The Balaban J connectivity index is 1.40. The van der Waals surface area contributed by atoms with Crippen molar-refractivity contribution in [1.82, 2.24) is 20.4 Å². The van der Waals surface area contributed by atoms with Crippen molar-refractivity contribution in [2.75, 3.05) is 32.8 Å². The van der Waals surface area contributed by atoms with Crippen LogP contribution in [0.4, 0.5) is 4.79 Å². The number of carbonyl (C=O) groups excluding carboxylic acids is 1. The molecule has 0 saturated carbocycles. The van der Waals surface area contributed by atoms with E-state index in [4.69, 9.17) is 16.3 Å². The summed E-state index contributed by atoms with van der Waals surface area (Å²) in [6.45, 7) is 7.74. The normalized spacial score (nSPS) is 19.9. The summed E-state index contributed by atoms with van der Waals surface area (Å²) in [7, 11) is 0. The molecule has 7 nitrogen and oxygen atoms in total. The smallest absolute Gasteiger partial charge is 0.317 e. The van der Waals surface area contributed by atoms with Crippen molar-refractivity contribution in [2.24, 2.45) is 17.3 Å². The number of nitrogens with zero attached hydrogens (tertiary/aromatic N) is 2. The van der Waals surface area contributed by atoms with Gasteiger partial charge in [-0.25, -0.2) is 4.79 Å². The number of likely N-dealkylation sites (tertiary alicyclic amines) is 1. The Hall–Kier alpha value is -1.83. The minimum absolute atomic E-state index is 0.00251. The summed E-state index contributed by atoms with van der Waals surface area (Å²) >= 11 is 6.27. The SMILES string of the molecule is CC(C)(C1CCN(C(=O)NCC2COC2)CC1)[C@H](O)c1cc(Cl)cc2cn[nH]c12. The quantitative estimate of drug-likeness (QED) is 0.691. The number of H-pyrrole nitrogens is 1. The molecule has 2 fully saturated rings. The lowest BCUT2D eigenvalue weighted by Gasteiger charge is -2.43. The van der Waals surface area contributed by atoms with Crippen molar-refractivity contribution in [3.05, 3.63) is 28.9 Å². The highest BCUT2D eigenvalue weighted by Gasteiger charge is 2.40. The Morgan fingerprint density at radius 2 is 2.14 bits per heavy atom. The molecule has 2 saturated heterocycles. The van der Waals surface area contributed by atoms with Gasteiger partial charge in [-0.05, 0) is 36.3 Å². The average Bonchev–Trinajstić information content (AvgIpc) is 3.13. The number of aromatic amines is 1. The van der Waals surface area contributed by atoms with Gasteiger partial charge in [0.05, 0.1) is 31.0 Å². The summed E-state index contributed by atoms with van der Waals surface area (Å²) < 4.78 is 5.15. The second-order valence-electron chi connectivity index (χ2n) is 8.90. The molecule has 1 atom stereocenters. The largest absolute Gasteiger partial charge is 0.388 e. The molecule has 158 valence electrons. The fraction of sp³-hybridized carbons (Fsp3) is 0.619. The van der Waals surface area contributed by atoms with Crippen LogP contribution in [-0.2, 0) is 4.74 Å². The van der Waals surface area contributed by atoms with Crippen molar-refractivity contribution in [2.45, 2.75) is 32.8 Å². The summed E-state index contributed by atoms with van der Waals surface area (Å²) in [5, 5.41) is 22.9. The topological polar surface area (TPSA) is 90.5 Å². The van der Waals surface area contributed by atoms with Crippen LogP contribution in [0, 0.1) is 17.3 Å². The third kappa shape index (κ3) is 4.09. The zero-order valence-corrected chi connectivity index (χ0v) is 17.7. The van der Waals surface area contributed by atoms with Crippen molar-refractivity contribution < 1.29 is 14.6 Å². The van der Waals surface area contributed by atoms with Gasteiger partial charge in [0.1, 0.15) is 0 Å². The van der Waals surface area contributed by atoms with Gasteiger partial charge in [-0.1, -0.05) is 25.4 Å². The number of nitrogens with one attached hydrogen (secondary N) is 2. The van der Waals surface area contributed by atoms with Crippen LogP contribution >= 0.6 is 11.6 Å². The van der Waals surface area contributed by atoms with Crippen molar-refractivity contribution >= 4 is 28.5 Å². The van der Waals surface area contributed by atoms with Gasteiger partial charge in [-0.15, -0.1) is 0 Å². The van der Waals surface area contributed by atoms with E-state index in [-0.39, 0.29) is 11.4 Å². The number of carbonyl (C=O) groups is 1. The summed E-state index contributed by atoms with van der Waals surface area (Å²) in [5.41, 5.74) is 1.24. The number of benzene rings is 1. The summed E-state index contributed by atoms with van der Waals surface area (Å²) in [5.74, 6) is 0.737. The minimum Gasteiger partial charge on any atom is -0.388 e. The van der Waals surface area contributed by atoms with Crippen LogP contribution in [0.3, 0.4) is 0 Å². The predicted molar refractivity (Wildman–Crippen MR) is 112 cm³/mol. The lowest BCUT2D eigenvalue weighted by molar-refractivity contribution is -0.0305. The Morgan fingerprint density at radius 1 is 1.41 bits per heavy atom. The standard InChI is InChI=1S/C21H29ClN4O3/c1-21(2,19(27)17-8-16(22)7-14-10-24-25-18(14)17)15-3-5-26(6-4-15)20(28)23-9-13-11-29-12-13/h7-8,10,13,15,19,27H,3-6,9,11-12H2,1-2H3,(H,23,28)(H,24,25)/t19-/m1/s1. The number of hydrogen-bond acceptors (Lipinski definition) is 4. The van der Waals surface area contributed by atoms with Crippen molar-refractivity contribution in [1.29, 1.82) is 0 Å². The Kier molecular flexibility index (Phi) is 5.73. The molecule has 4 rings (SSSR count). The molecule has 0 radical (unpaired) electrons. The lowest BCUT2D eigenvalue weighted by Crippen LogP contribution is -2.49. The molecule has 8 heteroatoms. The monoisotopic (exact) mass is 420 g/mol. The number of piperidine rings is 1. The second kappa shape index (κ2) is 8.13. The summed E-state index contributed by atoms with van der Waals surface area (Å²) in [4.78, 5) is 14.3. The maximum absolute atomic E-state index is 12.4. The van der Waals surface area contributed by atoms with Gasteiger partial charge in [-0.3, -0.25) is 5.10 Å². The number of fused-ring (bicyclic) bond motifs is 1. The van der Waals surface area contributed by atoms with E-state index in [1.807, 2.05) is 17.0 Å². The van der Waals surface area contributed by atoms with E-state index in [1.165, 1.54) is 0 Å². The zero-order chi connectivity index (χ0) is 20.6. The minimum atomic E-state index is -0.687. The van der Waals surface area contributed by atoms with E-state index in [1.54, 1.807) is 6.20 Å². The number of rotatable bonds is 5. The zero-order valence-electron chi connectivity index (χ0n) is 16.9. The molecule has 0 bridgehead atoms. The average molecular weight is 421 g/mol. The molecular weight excluding hydrogens is 392 g/mol. The Labute approximate surface area is 175 Å². The molecule has 0 spiro atoms. The first-order valence-electron chi connectivity index (χ1n) is 10.3. The maximum Gasteiger partial charge on any atom is 0.317 e. The molecular formula is C21H29ClN4O3. The van der Waals surface area contributed by atoms with E-state index < -0.39 is 6.10 Å². The van der Waals surface area contributed by atoms with E-state index >= 15 is 0 Å². The summed E-state index contributed by atoms with van der Waals surface area (Å²) in [6.07, 6.45) is 2.75. The highest BCUT2D eigenvalue weighted by molar-refractivity contribution is 6.31. The third-order valence-corrected chi connectivity index (χ3v) is 6.85. The van der Waals surface area contributed by atoms with E-state index in [9.17, 15) is 9.90 Å². The first kappa shape index (κ1) is 20.4. The van der Waals surface area contributed by atoms with Crippen molar-refractivity contribution in [3.63, 3.8) is 0 Å². The number of amides is 2. The fourth-order valence-corrected chi connectivity index (χ4v) is 4.69. The highest BCUT2D eigenvalue weighted by atomic mass is 35.5. The number of aliphatic hydroxyl groups excluding tert-OH is 1. The Bertz CT molecular complexity index is 872. The van der Waals surface area contributed by atoms with Gasteiger partial charge < -0.3 is 20.1 Å². The molecule has 2 aromatic rings. The highest BCUT2D eigenvalue weighted by Crippen LogP contribution is 2.46. The second-order valence-corrected chi connectivity index (χ2v) is 9.34. The van der Waals surface area contributed by atoms with Gasteiger partial charge in [0.2, 0.25) is 0 Å². The van der Waals surface area contributed by atoms with Crippen molar-refractivity contribution in [3.8, 4) is 0 Å². The Morgan fingerprint density at radius 3 is 2.79 bits per heavy atom. The molecule has 2 aliphatic heterocycles. The van der Waals surface area contributed by atoms with Crippen LogP contribution in [0.5, 0.6) is 0 Å². The lowest BCUT2D eigenvalue weighted by atomic mass is 9.68. The van der Waals surface area contributed by atoms with E-state index in [0.29, 0.717) is 36.5 Å². The van der Waals surface area contributed by atoms with Gasteiger partial charge in [0, 0.05) is 41.5 Å². The maximum atomic E-state index is 12.4.